The van der Waals surface area contributed by atoms with Gasteiger partial charge in [0.25, 0.3) is 0 Å². The topological polar surface area (TPSA) is 157 Å². The number of nitrogen functional groups attached to an aromatic ring is 1. The monoisotopic (exact) mass is 507 g/mol. The fourth-order valence-electron chi connectivity index (χ4n) is 3.34. The number of nitrogens with two attached hydrogens (primary N) is 2. The Morgan fingerprint density at radius 2 is 1.94 bits per heavy atom. The summed E-state index contributed by atoms with van der Waals surface area (Å²) in [5.74, 6) is -0.662. The van der Waals surface area contributed by atoms with Crippen LogP contribution in [0.15, 0.2) is 34.3 Å². The van der Waals surface area contributed by atoms with Crippen LogP contribution in [0, 0.1) is 0 Å². The summed E-state index contributed by atoms with van der Waals surface area (Å²) < 4.78 is 5.23. The maximum Gasteiger partial charge on any atom is 0.405 e. The van der Waals surface area contributed by atoms with E-state index in [1.807, 2.05) is 11.8 Å². The molecule has 11 nitrogen and oxygen atoms in total. The quantitative estimate of drug-likeness (QED) is 0.516. The van der Waals surface area contributed by atoms with Gasteiger partial charge in [-0.1, -0.05) is 29.4 Å². The maximum atomic E-state index is 12.1. The average molecular weight is 508 g/mol. The summed E-state index contributed by atoms with van der Waals surface area (Å²) in [5, 5.41) is 3.21. The number of benzene rings is 1. The first-order chi connectivity index (χ1) is 16.0. The Morgan fingerprint density at radius 1 is 1.26 bits per heavy atom. The number of amides is 3. The van der Waals surface area contributed by atoms with Gasteiger partial charge in [0, 0.05) is 44.9 Å². The number of ether oxygens (including phenoxy) is 1. The molecule has 1 fully saturated rings. The average Bonchev–Trinajstić information content (AvgIpc) is 2.76. The predicted octanol–water partition coefficient (Wildman–Crippen LogP) is 2.34. The molecule has 1 saturated heterocycles. The number of hydrogen-bond acceptors (Lipinski definition) is 9. The molecule has 5 N–H and O–H groups in total. The van der Waals surface area contributed by atoms with Gasteiger partial charge in [0.05, 0.1) is 16.9 Å². The van der Waals surface area contributed by atoms with Crippen LogP contribution < -0.4 is 21.7 Å². The molecule has 0 aliphatic carbocycles. The molecule has 1 aromatic heterocycles. The molecule has 0 atom stereocenters. The molecule has 1 aliphatic heterocycles. The molecular weight excluding hydrogens is 482 g/mol. The van der Waals surface area contributed by atoms with E-state index < -0.39 is 23.5 Å². The highest BCUT2D eigenvalue weighted by atomic mass is 35.5. The largest absolute Gasteiger partial charge is 0.443 e. The highest BCUT2D eigenvalue weighted by Gasteiger charge is 2.33. The van der Waals surface area contributed by atoms with Crippen molar-refractivity contribution in [2.45, 2.75) is 35.3 Å². The van der Waals surface area contributed by atoms with Crippen molar-refractivity contribution in [2.75, 3.05) is 43.1 Å². The van der Waals surface area contributed by atoms with E-state index in [1.165, 1.54) is 30.8 Å². The van der Waals surface area contributed by atoms with Crippen LogP contribution >= 0.6 is 23.4 Å². The van der Waals surface area contributed by atoms with Crippen molar-refractivity contribution < 1.29 is 19.1 Å². The molecule has 0 bridgehead atoms. The zero-order chi connectivity index (χ0) is 25.0. The van der Waals surface area contributed by atoms with E-state index in [0.717, 1.165) is 0 Å². The van der Waals surface area contributed by atoms with Crippen molar-refractivity contribution in [3.05, 3.63) is 29.4 Å². The molecular formula is C21H26ClN7O4S. The fraction of sp³-hybridized carbons (Fsp3) is 0.381. The summed E-state index contributed by atoms with van der Waals surface area (Å²) in [7, 11) is 2.97. The summed E-state index contributed by atoms with van der Waals surface area (Å²) in [6.07, 6.45) is 2.02. The summed E-state index contributed by atoms with van der Waals surface area (Å²) in [4.78, 5) is 47.7. The van der Waals surface area contributed by atoms with Crippen LogP contribution in [-0.4, -0.2) is 65.6 Å². The third-order valence-corrected chi connectivity index (χ3v) is 6.85. The summed E-state index contributed by atoms with van der Waals surface area (Å²) >= 11 is 7.64. The van der Waals surface area contributed by atoms with Crippen molar-refractivity contribution in [1.82, 2.24) is 14.9 Å². The first kappa shape index (κ1) is 25.4. The Balaban J connectivity index is 1.70. The van der Waals surface area contributed by atoms with Crippen molar-refractivity contribution in [3.63, 3.8) is 0 Å². The SMILES string of the molecule is CN(C)C(=O)C(=O)Nc1cccc(Sc2ncc(N3CCC(C)(OC(N)=O)CC3)nc2N)c1Cl. The molecule has 0 spiro atoms. The van der Waals surface area contributed by atoms with Crippen LogP contribution in [0.25, 0.3) is 0 Å². The number of halogens is 1. The second kappa shape index (κ2) is 10.3. The number of hydrogen-bond donors (Lipinski definition) is 3. The Labute approximate surface area is 206 Å². The minimum atomic E-state index is -0.795. The second-order valence-corrected chi connectivity index (χ2v) is 9.56. The molecule has 1 aromatic carbocycles. The highest BCUT2D eigenvalue weighted by molar-refractivity contribution is 7.99. The number of nitrogens with one attached hydrogen (secondary N) is 1. The zero-order valence-electron chi connectivity index (χ0n) is 19.0. The molecule has 2 heterocycles. The minimum absolute atomic E-state index is 0.220. The molecule has 1 aliphatic rings. The normalized spacial score (nSPS) is 14.9. The van der Waals surface area contributed by atoms with Gasteiger partial charge in [0.15, 0.2) is 5.82 Å². The van der Waals surface area contributed by atoms with Crippen LogP contribution in [-0.2, 0) is 14.3 Å². The van der Waals surface area contributed by atoms with E-state index in [9.17, 15) is 14.4 Å². The van der Waals surface area contributed by atoms with Crippen molar-refractivity contribution in [2.24, 2.45) is 5.73 Å². The molecule has 0 radical (unpaired) electrons. The van der Waals surface area contributed by atoms with Gasteiger partial charge in [0.1, 0.15) is 16.4 Å². The summed E-state index contributed by atoms with van der Waals surface area (Å²) in [6, 6.07) is 5.04. The molecule has 0 unspecified atom stereocenters. The zero-order valence-corrected chi connectivity index (χ0v) is 20.6. The number of aromatic nitrogens is 2. The first-order valence-corrected chi connectivity index (χ1v) is 11.5. The Morgan fingerprint density at radius 3 is 2.53 bits per heavy atom. The fourth-order valence-corrected chi connectivity index (χ4v) is 4.44. The number of piperidine rings is 1. The second-order valence-electron chi connectivity index (χ2n) is 8.15. The van der Waals surface area contributed by atoms with Crippen LogP contribution in [0.2, 0.25) is 5.02 Å². The standard InChI is InChI=1S/C21H26ClN7O4S/c1-21(33-20(24)32)7-9-29(10-8-21)14-11-25-18(16(23)27-14)34-13-6-4-5-12(15(13)22)26-17(30)19(31)28(2)3/h4-6,11H,7-10H2,1-3H3,(H2,23,27)(H2,24,32)(H,26,30). The van der Waals surface area contributed by atoms with Crippen molar-refractivity contribution in [1.29, 1.82) is 0 Å². The number of likely N-dealkylation sites (N-methyl/N-ethyl adjacent to an activating group) is 1. The number of carbonyl (C=O) groups is 3. The molecule has 34 heavy (non-hydrogen) atoms. The Bertz CT molecular complexity index is 1110. The van der Waals surface area contributed by atoms with E-state index in [4.69, 9.17) is 27.8 Å². The van der Waals surface area contributed by atoms with Gasteiger partial charge >= 0.3 is 17.9 Å². The van der Waals surface area contributed by atoms with E-state index in [-0.39, 0.29) is 10.8 Å². The van der Waals surface area contributed by atoms with E-state index in [1.54, 1.807) is 24.4 Å². The molecule has 182 valence electrons. The van der Waals surface area contributed by atoms with Gasteiger partial charge < -0.3 is 31.3 Å². The molecule has 13 heteroatoms. The smallest absolute Gasteiger partial charge is 0.405 e. The van der Waals surface area contributed by atoms with Crippen LogP contribution in [0.4, 0.5) is 22.1 Å². The van der Waals surface area contributed by atoms with Gasteiger partial charge in [-0.05, 0) is 19.1 Å². The lowest BCUT2D eigenvalue weighted by Crippen LogP contribution is -2.46. The van der Waals surface area contributed by atoms with Crippen LogP contribution in [0.1, 0.15) is 19.8 Å². The summed E-state index contributed by atoms with van der Waals surface area (Å²) in [6.45, 7) is 3.05. The van der Waals surface area contributed by atoms with Crippen molar-refractivity contribution >= 4 is 58.6 Å². The van der Waals surface area contributed by atoms with Gasteiger partial charge in [-0.15, -0.1) is 0 Å². The predicted molar refractivity (Wildman–Crippen MR) is 130 cm³/mol. The van der Waals surface area contributed by atoms with Gasteiger partial charge in [0.2, 0.25) is 0 Å². The third-order valence-electron chi connectivity index (χ3n) is 5.26. The van der Waals surface area contributed by atoms with Crippen LogP contribution in [0.5, 0.6) is 0 Å². The Kier molecular flexibility index (Phi) is 7.72. The lowest BCUT2D eigenvalue weighted by molar-refractivity contribution is -0.141. The van der Waals surface area contributed by atoms with E-state index in [2.05, 4.69) is 15.3 Å². The van der Waals surface area contributed by atoms with E-state index in [0.29, 0.717) is 47.4 Å². The molecule has 2 aromatic rings. The lowest BCUT2D eigenvalue weighted by Gasteiger charge is -2.38. The maximum absolute atomic E-state index is 12.1. The third kappa shape index (κ3) is 6.00. The lowest BCUT2D eigenvalue weighted by atomic mass is 9.93. The number of anilines is 3. The van der Waals surface area contributed by atoms with Gasteiger partial charge in [-0.3, -0.25) is 9.59 Å². The number of primary amides is 1. The molecule has 3 amide bonds. The van der Waals surface area contributed by atoms with Crippen LogP contribution in [0.3, 0.4) is 0 Å². The number of carbonyl (C=O) groups excluding carboxylic acids is 3. The Hall–Kier alpha value is -3.25. The van der Waals surface area contributed by atoms with E-state index >= 15 is 0 Å². The highest BCUT2D eigenvalue weighted by Crippen LogP contribution is 2.39. The number of rotatable bonds is 5. The van der Waals surface area contributed by atoms with Gasteiger partial charge in [-0.2, -0.15) is 0 Å². The summed E-state index contributed by atoms with van der Waals surface area (Å²) in [5.41, 5.74) is 11.0. The number of nitrogens with zero attached hydrogens (tertiary/aromatic N) is 4. The van der Waals surface area contributed by atoms with Gasteiger partial charge in [-0.25, -0.2) is 14.8 Å². The minimum Gasteiger partial charge on any atom is -0.443 e. The molecule has 0 saturated carbocycles. The first-order valence-electron chi connectivity index (χ1n) is 10.3. The van der Waals surface area contributed by atoms with Crippen molar-refractivity contribution in [3.8, 4) is 0 Å². The molecule has 3 rings (SSSR count).